The molecule has 1 unspecified atom stereocenters. The average Bonchev–Trinajstić information content (AvgIpc) is 3.54. The summed E-state index contributed by atoms with van der Waals surface area (Å²) in [7, 11) is 1.80. The lowest BCUT2D eigenvalue weighted by Crippen LogP contribution is -2.39. The Labute approximate surface area is 201 Å². The summed E-state index contributed by atoms with van der Waals surface area (Å²) >= 11 is 0. The fourth-order valence-corrected chi connectivity index (χ4v) is 4.53. The van der Waals surface area contributed by atoms with Gasteiger partial charge in [-0.05, 0) is 35.7 Å². The van der Waals surface area contributed by atoms with Crippen LogP contribution in [0.15, 0.2) is 64.4 Å². The second kappa shape index (κ2) is 9.77. The molecule has 5 rings (SSSR count). The van der Waals surface area contributed by atoms with E-state index in [1.807, 2.05) is 30.3 Å². The smallest absolute Gasteiger partial charge is 0.266 e. The highest BCUT2D eigenvalue weighted by atomic mass is 16.5. The van der Waals surface area contributed by atoms with Crippen molar-refractivity contribution in [3.8, 4) is 11.4 Å². The molecule has 0 saturated carbocycles. The number of likely N-dealkylation sites (N-methyl/N-ethyl adjacent to an activating group) is 1. The second-order valence-electron chi connectivity index (χ2n) is 8.88. The number of carbonyl (C=O) groups excluding carboxylic acids is 1. The van der Waals surface area contributed by atoms with Gasteiger partial charge in [-0.2, -0.15) is 4.98 Å². The van der Waals surface area contributed by atoms with Gasteiger partial charge in [-0.15, -0.1) is 0 Å². The summed E-state index contributed by atoms with van der Waals surface area (Å²) in [4.78, 5) is 40.0. The molecule has 3 heterocycles. The Hall–Kier alpha value is -3.89. The predicted octanol–water partition coefficient (Wildman–Crippen LogP) is 1.78. The number of β-amino-alcohol motifs (C(OH)–C–C–N with tert-alkyl or cyclic N) is 1. The van der Waals surface area contributed by atoms with Gasteiger partial charge in [0.15, 0.2) is 0 Å². The van der Waals surface area contributed by atoms with E-state index < -0.39 is 0 Å². The molecule has 1 saturated heterocycles. The van der Waals surface area contributed by atoms with Gasteiger partial charge >= 0.3 is 0 Å². The number of fused-ring (bicyclic) bond motifs is 1. The number of hydrogen-bond donors (Lipinski definition) is 2. The molecule has 180 valence electrons. The number of nitrogens with zero attached hydrogens (tertiary/aromatic N) is 5. The first-order valence-electron chi connectivity index (χ1n) is 11.5. The molecule has 0 radical (unpaired) electrons. The zero-order valence-electron chi connectivity index (χ0n) is 19.3. The normalized spacial score (nSPS) is 17.0. The highest BCUT2D eigenvalue weighted by molar-refractivity contribution is 5.81. The summed E-state index contributed by atoms with van der Waals surface area (Å²) < 4.78 is 4.89. The number of benzene rings is 2. The quantitative estimate of drug-likeness (QED) is 0.415. The number of aromatic nitrogens is 4. The molecular formula is C25H26N6O4. The molecule has 2 aromatic carbocycles. The maximum atomic E-state index is 13.4. The Morgan fingerprint density at radius 3 is 2.94 bits per heavy atom. The summed E-state index contributed by atoms with van der Waals surface area (Å²) in [5, 5.41) is 13.9. The summed E-state index contributed by atoms with van der Waals surface area (Å²) in [6.45, 7) is 1.94. The Morgan fingerprint density at radius 1 is 1.29 bits per heavy atom. The van der Waals surface area contributed by atoms with Crippen LogP contribution in [0.25, 0.3) is 22.4 Å². The lowest BCUT2D eigenvalue weighted by molar-refractivity contribution is -0.131. The number of rotatable bonds is 7. The Kier molecular flexibility index (Phi) is 6.39. The molecule has 2 aromatic heterocycles. The number of aliphatic hydroxyl groups is 1. The molecule has 1 aliphatic rings. The SMILES string of the molecule is CN(C(=O)Cc1ccc2ncc(=O)[nH]c2c1)[C@H](CN1CCC(O)C1)c1cccc(-c2ncon2)c1. The molecule has 35 heavy (non-hydrogen) atoms. The predicted molar refractivity (Wildman–Crippen MR) is 128 cm³/mol. The third kappa shape index (κ3) is 5.13. The van der Waals surface area contributed by atoms with Crippen LogP contribution in [0, 0.1) is 0 Å². The number of hydrogen-bond acceptors (Lipinski definition) is 8. The van der Waals surface area contributed by atoms with E-state index in [0.29, 0.717) is 29.9 Å². The molecule has 1 aliphatic heterocycles. The standard InChI is InChI=1S/C25H26N6O4/c1-30(24(34)10-16-5-6-20-21(9-16)28-23(33)12-26-20)22(14-31-8-7-19(32)13-31)17-3-2-4-18(11-17)25-27-15-35-29-25/h2-6,9,11-12,15,19,22,32H,7-8,10,13-14H2,1H3,(H,28,33)/t19?,22-/m1/s1. The van der Waals surface area contributed by atoms with Gasteiger partial charge in [-0.3, -0.25) is 14.5 Å². The molecule has 2 N–H and O–H groups in total. The van der Waals surface area contributed by atoms with E-state index in [2.05, 4.69) is 25.0 Å². The monoisotopic (exact) mass is 474 g/mol. The molecule has 0 bridgehead atoms. The first-order valence-corrected chi connectivity index (χ1v) is 11.5. The maximum Gasteiger partial charge on any atom is 0.266 e. The second-order valence-corrected chi connectivity index (χ2v) is 8.88. The summed E-state index contributed by atoms with van der Waals surface area (Å²) in [5.74, 6) is 0.417. The van der Waals surface area contributed by atoms with Crippen LogP contribution in [0.4, 0.5) is 0 Å². The molecule has 0 aliphatic carbocycles. The van der Waals surface area contributed by atoms with Gasteiger partial charge in [0.25, 0.3) is 5.56 Å². The van der Waals surface area contributed by atoms with Crippen molar-refractivity contribution in [3.05, 3.63) is 76.5 Å². The van der Waals surface area contributed by atoms with E-state index in [9.17, 15) is 14.7 Å². The van der Waals surface area contributed by atoms with Gasteiger partial charge in [-0.1, -0.05) is 29.4 Å². The third-order valence-corrected chi connectivity index (χ3v) is 6.43. The van der Waals surface area contributed by atoms with Crippen molar-refractivity contribution in [2.75, 3.05) is 26.7 Å². The number of amides is 1. The Bertz CT molecular complexity index is 1390. The minimum Gasteiger partial charge on any atom is -0.392 e. The summed E-state index contributed by atoms with van der Waals surface area (Å²) in [6, 6.07) is 13.0. The van der Waals surface area contributed by atoms with E-state index in [0.717, 1.165) is 29.7 Å². The number of likely N-dealkylation sites (tertiary alicyclic amines) is 1. The largest absolute Gasteiger partial charge is 0.392 e. The zero-order valence-corrected chi connectivity index (χ0v) is 19.3. The van der Waals surface area contributed by atoms with Gasteiger partial charge in [0, 0.05) is 32.2 Å². The number of aromatic amines is 1. The number of carbonyl (C=O) groups is 1. The van der Waals surface area contributed by atoms with Crippen LogP contribution in [0.2, 0.25) is 0 Å². The average molecular weight is 475 g/mol. The van der Waals surface area contributed by atoms with Crippen molar-refractivity contribution < 1.29 is 14.4 Å². The molecule has 1 amide bonds. The lowest BCUT2D eigenvalue weighted by Gasteiger charge is -2.32. The van der Waals surface area contributed by atoms with Crippen LogP contribution in [0.5, 0.6) is 0 Å². The fourth-order valence-electron chi connectivity index (χ4n) is 4.53. The van der Waals surface area contributed by atoms with E-state index >= 15 is 0 Å². The molecule has 10 nitrogen and oxygen atoms in total. The number of nitrogens with one attached hydrogen (secondary N) is 1. The third-order valence-electron chi connectivity index (χ3n) is 6.43. The van der Waals surface area contributed by atoms with Gasteiger partial charge in [0.05, 0.1) is 35.8 Å². The van der Waals surface area contributed by atoms with Crippen LogP contribution in [-0.2, 0) is 11.2 Å². The molecule has 0 spiro atoms. The highest BCUT2D eigenvalue weighted by Gasteiger charge is 2.28. The summed E-state index contributed by atoms with van der Waals surface area (Å²) in [5.41, 5.74) is 3.51. The maximum absolute atomic E-state index is 13.4. The van der Waals surface area contributed by atoms with Gasteiger partial charge in [0.1, 0.15) is 0 Å². The molecule has 2 atom stereocenters. The van der Waals surface area contributed by atoms with Crippen molar-refractivity contribution in [1.82, 2.24) is 29.9 Å². The Morgan fingerprint density at radius 2 is 2.17 bits per heavy atom. The number of H-pyrrole nitrogens is 1. The molecular weight excluding hydrogens is 448 g/mol. The van der Waals surface area contributed by atoms with Gasteiger partial charge in [-0.25, -0.2) is 4.98 Å². The van der Waals surface area contributed by atoms with Crippen LogP contribution < -0.4 is 5.56 Å². The van der Waals surface area contributed by atoms with E-state index in [-0.39, 0.29) is 30.0 Å². The summed E-state index contributed by atoms with van der Waals surface area (Å²) in [6.07, 6.45) is 3.07. The van der Waals surface area contributed by atoms with Crippen LogP contribution in [-0.4, -0.2) is 73.7 Å². The molecule has 10 heteroatoms. The minimum atomic E-state index is -0.351. The van der Waals surface area contributed by atoms with Crippen LogP contribution in [0.1, 0.15) is 23.6 Å². The highest BCUT2D eigenvalue weighted by Crippen LogP contribution is 2.27. The van der Waals surface area contributed by atoms with Crippen molar-refractivity contribution in [2.45, 2.75) is 25.0 Å². The zero-order chi connectivity index (χ0) is 24.4. The van der Waals surface area contributed by atoms with Crippen molar-refractivity contribution in [2.24, 2.45) is 0 Å². The van der Waals surface area contributed by atoms with Gasteiger partial charge in [0.2, 0.25) is 18.1 Å². The first-order chi connectivity index (χ1) is 17.0. The van der Waals surface area contributed by atoms with Crippen molar-refractivity contribution in [1.29, 1.82) is 0 Å². The lowest BCUT2D eigenvalue weighted by atomic mass is 10.0. The van der Waals surface area contributed by atoms with Crippen LogP contribution >= 0.6 is 0 Å². The van der Waals surface area contributed by atoms with E-state index in [1.54, 1.807) is 24.1 Å². The van der Waals surface area contributed by atoms with Crippen molar-refractivity contribution in [3.63, 3.8) is 0 Å². The van der Waals surface area contributed by atoms with Crippen molar-refractivity contribution >= 4 is 16.9 Å². The Balaban J connectivity index is 1.41. The van der Waals surface area contributed by atoms with Crippen LogP contribution in [0.3, 0.4) is 0 Å². The topological polar surface area (TPSA) is 128 Å². The minimum absolute atomic E-state index is 0.0645. The van der Waals surface area contributed by atoms with E-state index in [4.69, 9.17) is 4.52 Å². The first kappa shape index (κ1) is 22.9. The molecule has 4 aromatic rings. The number of aliphatic hydroxyl groups excluding tert-OH is 1. The fraction of sp³-hybridized carbons (Fsp3) is 0.320. The molecule has 1 fully saturated rings. The van der Waals surface area contributed by atoms with E-state index in [1.165, 1.54) is 12.6 Å². The van der Waals surface area contributed by atoms with Gasteiger partial charge < -0.3 is 19.5 Å².